The Morgan fingerprint density at radius 3 is 2.66 bits per heavy atom. The van der Waals surface area contributed by atoms with Gasteiger partial charge in [-0.15, -0.1) is 12.4 Å². The summed E-state index contributed by atoms with van der Waals surface area (Å²) in [5.41, 5.74) is 1.52. The van der Waals surface area contributed by atoms with Crippen molar-refractivity contribution in [1.82, 2.24) is 9.88 Å². The first-order valence-electron chi connectivity index (χ1n) is 9.23. The molecule has 1 amide bonds. The molecular weight excluding hydrogens is 474 g/mol. The summed E-state index contributed by atoms with van der Waals surface area (Å²) in [7, 11) is 4.07. The fraction of sp³-hybridized carbons (Fsp3) is 0.333. The van der Waals surface area contributed by atoms with Gasteiger partial charge in [0, 0.05) is 16.6 Å². The lowest BCUT2D eigenvalue weighted by Gasteiger charge is -2.21. The molecule has 0 saturated heterocycles. The summed E-state index contributed by atoms with van der Waals surface area (Å²) >= 11 is 4.97. The van der Waals surface area contributed by atoms with Gasteiger partial charge in [-0.1, -0.05) is 33.3 Å². The van der Waals surface area contributed by atoms with E-state index in [0.29, 0.717) is 23.8 Å². The number of hydrogen-bond donors (Lipinski definition) is 0. The summed E-state index contributed by atoms with van der Waals surface area (Å²) < 4.78 is 7.49. The van der Waals surface area contributed by atoms with Crippen molar-refractivity contribution in [1.29, 1.82) is 0 Å². The number of fused-ring (bicyclic) bond motifs is 1. The van der Waals surface area contributed by atoms with E-state index >= 15 is 0 Å². The van der Waals surface area contributed by atoms with E-state index in [0.717, 1.165) is 33.4 Å². The van der Waals surface area contributed by atoms with Crippen LogP contribution in [0.15, 0.2) is 46.9 Å². The van der Waals surface area contributed by atoms with Crippen LogP contribution in [-0.4, -0.2) is 49.6 Å². The Kier molecular flexibility index (Phi) is 8.89. The van der Waals surface area contributed by atoms with Crippen molar-refractivity contribution >= 4 is 60.9 Å². The highest BCUT2D eigenvalue weighted by atomic mass is 79.9. The van der Waals surface area contributed by atoms with Crippen LogP contribution in [0.25, 0.3) is 10.2 Å². The molecule has 0 unspecified atom stereocenters. The zero-order valence-corrected chi connectivity index (χ0v) is 19.9. The topological polar surface area (TPSA) is 45.7 Å². The molecule has 0 fully saturated rings. The number of anilines is 1. The highest BCUT2D eigenvalue weighted by Crippen LogP contribution is 2.32. The summed E-state index contributed by atoms with van der Waals surface area (Å²) in [4.78, 5) is 21.9. The van der Waals surface area contributed by atoms with E-state index in [9.17, 15) is 4.79 Å². The van der Waals surface area contributed by atoms with Gasteiger partial charge >= 0.3 is 0 Å². The summed E-state index contributed by atoms with van der Waals surface area (Å²) in [5, 5.41) is 0.715. The normalized spacial score (nSPS) is 10.8. The van der Waals surface area contributed by atoms with Gasteiger partial charge in [-0.2, -0.15) is 0 Å². The molecule has 0 spiro atoms. The number of hydrogen-bond acceptors (Lipinski definition) is 5. The van der Waals surface area contributed by atoms with Gasteiger partial charge in [-0.3, -0.25) is 9.69 Å². The van der Waals surface area contributed by atoms with Crippen molar-refractivity contribution in [3.05, 3.63) is 52.5 Å². The van der Waals surface area contributed by atoms with Gasteiger partial charge in [0.1, 0.15) is 5.75 Å². The lowest BCUT2D eigenvalue weighted by Crippen LogP contribution is -2.33. The van der Waals surface area contributed by atoms with Gasteiger partial charge in [0.25, 0.3) is 5.91 Å². The Bertz CT molecular complexity index is 964. The van der Waals surface area contributed by atoms with E-state index in [1.54, 1.807) is 4.90 Å². The maximum absolute atomic E-state index is 13.3. The minimum absolute atomic E-state index is 0. The lowest BCUT2D eigenvalue weighted by atomic mass is 10.2. The molecule has 0 radical (unpaired) electrons. The number of nitrogens with zero attached hydrogens (tertiary/aromatic N) is 3. The van der Waals surface area contributed by atoms with Crippen molar-refractivity contribution < 1.29 is 9.53 Å². The third kappa shape index (κ3) is 6.15. The predicted octanol–water partition coefficient (Wildman–Crippen LogP) is 5.48. The average Bonchev–Trinajstić information content (AvgIpc) is 3.07. The van der Waals surface area contributed by atoms with E-state index in [1.165, 1.54) is 11.3 Å². The van der Waals surface area contributed by atoms with Crippen LogP contribution in [0.2, 0.25) is 0 Å². The highest BCUT2D eigenvalue weighted by Gasteiger charge is 2.21. The van der Waals surface area contributed by atoms with E-state index in [-0.39, 0.29) is 18.3 Å². The molecule has 0 bridgehead atoms. The number of halogens is 2. The average molecular weight is 499 g/mol. The third-order valence-corrected chi connectivity index (χ3v) is 5.73. The molecule has 0 aliphatic heterocycles. The van der Waals surface area contributed by atoms with Crippen LogP contribution in [-0.2, 0) is 0 Å². The molecule has 1 aromatic heterocycles. The number of benzene rings is 2. The van der Waals surface area contributed by atoms with E-state index in [2.05, 4.69) is 20.8 Å². The molecule has 156 valence electrons. The Morgan fingerprint density at radius 1 is 1.17 bits per heavy atom. The Balaban J connectivity index is 0.00000300. The maximum Gasteiger partial charge on any atom is 0.260 e. The van der Waals surface area contributed by atoms with Crippen LogP contribution in [0.4, 0.5) is 5.13 Å². The second-order valence-corrected chi connectivity index (χ2v) is 8.61. The van der Waals surface area contributed by atoms with Gasteiger partial charge in [-0.05, 0) is 70.4 Å². The molecule has 1 heterocycles. The molecule has 0 aliphatic rings. The zero-order valence-electron chi connectivity index (χ0n) is 16.7. The van der Waals surface area contributed by atoms with Crippen LogP contribution in [0.5, 0.6) is 5.75 Å². The smallest absolute Gasteiger partial charge is 0.260 e. The Hall–Kier alpha value is -1.67. The predicted molar refractivity (Wildman–Crippen MR) is 127 cm³/mol. The molecule has 29 heavy (non-hydrogen) atoms. The van der Waals surface area contributed by atoms with Crippen molar-refractivity contribution in [2.45, 2.75) is 13.3 Å². The number of amides is 1. The molecule has 0 N–H and O–H groups in total. The molecule has 5 nitrogen and oxygen atoms in total. The number of carbonyl (C=O) groups excluding carboxylic acids is 1. The first-order valence-corrected chi connectivity index (χ1v) is 10.8. The summed E-state index contributed by atoms with van der Waals surface area (Å²) in [6, 6.07) is 13.3. The Morgan fingerprint density at radius 2 is 1.97 bits per heavy atom. The van der Waals surface area contributed by atoms with E-state index in [4.69, 9.17) is 9.72 Å². The quantitative estimate of drug-likeness (QED) is 0.413. The molecular formula is C21H25BrClN3O2S. The van der Waals surface area contributed by atoms with Crippen LogP contribution < -0.4 is 9.64 Å². The lowest BCUT2D eigenvalue weighted by molar-refractivity contribution is 0.0986. The van der Waals surface area contributed by atoms with Crippen LogP contribution in [0.1, 0.15) is 23.7 Å². The van der Waals surface area contributed by atoms with Gasteiger partial charge in [0.15, 0.2) is 5.13 Å². The Labute approximate surface area is 190 Å². The van der Waals surface area contributed by atoms with Crippen molar-refractivity contribution in [2.24, 2.45) is 0 Å². The van der Waals surface area contributed by atoms with Gasteiger partial charge in [0.2, 0.25) is 0 Å². The molecule has 0 aliphatic carbocycles. The monoisotopic (exact) mass is 497 g/mol. The third-order valence-electron chi connectivity index (χ3n) is 4.19. The van der Waals surface area contributed by atoms with Crippen molar-refractivity contribution in [2.75, 3.05) is 38.7 Å². The van der Waals surface area contributed by atoms with Crippen LogP contribution in [0, 0.1) is 0 Å². The van der Waals surface area contributed by atoms with E-state index in [1.807, 2.05) is 63.5 Å². The largest absolute Gasteiger partial charge is 0.494 e. The molecule has 0 saturated carbocycles. The first-order chi connectivity index (χ1) is 13.5. The van der Waals surface area contributed by atoms with Gasteiger partial charge in [0.05, 0.1) is 16.8 Å². The fourth-order valence-corrected chi connectivity index (χ4v) is 4.29. The molecule has 3 aromatic rings. The SMILES string of the molecule is CCOc1ccc2nc(N(CCCN(C)C)C(=O)c3cccc(Br)c3)sc2c1.Cl. The maximum atomic E-state index is 13.3. The van der Waals surface area contributed by atoms with Crippen molar-refractivity contribution in [3.63, 3.8) is 0 Å². The number of ether oxygens (including phenoxy) is 1. The molecule has 0 atom stereocenters. The second kappa shape index (κ2) is 10.9. The number of rotatable bonds is 8. The minimum Gasteiger partial charge on any atom is -0.494 e. The van der Waals surface area contributed by atoms with Gasteiger partial charge < -0.3 is 9.64 Å². The summed E-state index contributed by atoms with van der Waals surface area (Å²) in [6.07, 6.45) is 0.868. The summed E-state index contributed by atoms with van der Waals surface area (Å²) in [5.74, 6) is 0.784. The first kappa shape index (κ1) is 23.6. The van der Waals surface area contributed by atoms with Crippen molar-refractivity contribution in [3.8, 4) is 5.75 Å². The minimum atomic E-state index is -0.0378. The fourth-order valence-electron chi connectivity index (χ4n) is 2.87. The number of thiazole rings is 1. The van der Waals surface area contributed by atoms with Gasteiger partial charge in [-0.25, -0.2) is 4.98 Å². The number of aromatic nitrogens is 1. The highest BCUT2D eigenvalue weighted by molar-refractivity contribution is 9.10. The molecule has 8 heteroatoms. The van der Waals surface area contributed by atoms with Crippen LogP contribution >= 0.6 is 39.7 Å². The van der Waals surface area contributed by atoms with E-state index < -0.39 is 0 Å². The number of carbonyl (C=O) groups is 1. The van der Waals surface area contributed by atoms with Crippen LogP contribution in [0.3, 0.4) is 0 Å². The standard InChI is InChI=1S/C21H24BrN3O2S.ClH/c1-4-27-17-9-10-18-19(14-17)28-21(23-18)25(12-6-11-24(2)3)20(26)15-7-5-8-16(22)13-15;/h5,7-10,13-14H,4,6,11-12H2,1-3H3;1H. The molecule has 2 aromatic carbocycles. The zero-order chi connectivity index (χ0) is 20.1. The molecule has 3 rings (SSSR count). The second-order valence-electron chi connectivity index (χ2n) is 6.68. The summed E-state index contributed by atoms with van der Waals surface area (Å²) in [6.45, 7) is 4.10.